The molecule has 0 aromatic heterocycles. The van der Waals surface area contributed by atoms with Gasteiger partial charge in [0.1, 0.15) is 0 Å². The van der Waals surface area contributed by atoms with E-state index in [4.69, 9.17) is 4.74 Å². The van der Waals surface area contributed by atoms with Crippen LogP contribution in [-0.2, 0) is 9.53 Å². The highest BCUT2D eigenvalue weighted by molar-refractivity contribution is 5.84. The molecule has 0 radical (unpaired) electrons. The molecule has 0 bridgehead atoms. The Bertz CT molecular complexity index is 292. The van der Waals surface area contributed by atoms with Crippen LogP contribution in [0.4, 0.5) is 0 Å². The van der Waals surface area contributed by atoms with Gasteiger partial charge < -0.3 is 9.64 Å². The van der Waals surface area contributed by atoms with Crippen molar-refractivity contribution < 1.29 is 9.53 Å². The summed E-state index contributed by atoms with van der Waals surface area (Å²) < 4.78 is 5.14. The highest BCUT2D eigenvalue weighted by Gasteiger charge is 2.42. The van der Waals surface area contributed by atoms with Gasteiger partial charge in [0.05, 0.1) is 12.2 Å². The van der Waals surface area contributed by atoms with E-state index in [2.05, 4.69) is 39.9 Å². The summed E-state index contributed by atoms with van der Waals surface area (Å²) in [4.78, 5) is 14.6. The molecular formula is C15H30N2O2. The smallest absolute Gasteiger partial charge is 0.241 e. The zero-order valence-electron chi connectivity index (χ0n) is 13.3. The lowest BCUT2D eigenvalue weighted by Gasteiger charge is -2.31. The summed E-state index contributed by atoms with van der Waals surface area (Å²) in [7, 11) is 1.71. The number of amides is 1. The van der Waals surface area contributed by atoms with Gasteiger partial charge in [-0.25, -0.2) is 0 Å². The second kappa shape index (κ2) is 7.25. The normalized spacial score (nSPS) is 25.7. The maximum Gasteiger partial charge on any atom is 0.241 e. The molecule has 0 aromatic rings. The molecule has 1 N–H and O–H groups in total. The van der Waals surface area contributed by atoms with Crippen molar-refractivity contribution in [3.05, 3.63) is 0 Å². The van der Waals surface area contributed by atoms with Crippen molar-refractivity contribution >= 4 is 5.91 Å². The van der Waals surface area contributed by atoms with E-state index in [0.29, 0.717) is 18.4 Å². The van der Waals surface area contributed by atoms with Crippen LogP contribution in [0.25, 0.3) is 0 Å². The quantitative estimate of drug-likeness (QED) is 0.771. The molecule has 1 aliphatic rings. The van der Waals surface area contributed by atoms with Gasteiger partial charge in [-0.1, -0.05) is 27.7 Å². The molecule has 1 saturated heterocycles. The minimum Gasteiger partial charge on any atom is -0.385 e. The van der Waals surface area contributed by atoms with Gasteiger partial charge >= 0.3 is 0 Å². The average molecular weight is 270 g/mol. The number of carbonyl (C=O) groups excluding carboxylic acids is 1. The van der Waals surface area contributed by atoms with Gasteiger partial charge in [0.15, 0.2) is 0 Å². The van der Waals surface area contributed by atoms with Crippen molar-refractivity contribution in [2.45, 2.75) is 65.7 Å². The lowest BCUT2D eigenvalue weighted by molar-refractivity contribution is -0.133. The predicted molar refractivity (Wildman–Crippen MR) is 77.8 cm³/mol. The van der Waals surface area contributed by atoms with Gasteiger partial charge in [0.25, 0.3) is 0 Å². The Morgan fingerprint density at radius 2 is 1.89 bits per heavy atom. The fraction of sp³-hybridized carbons (Fsp3) is 0.933. The third kappa shape index (κ3) is 4.18. The van der Waals surface area contributed by atoms with E-state index in [1.54, 1.807) is 7.11 Å². The Hall–Kier alpha value is -0.610. The van der Waals surface area contributed by atoms with Crippen LogP contribution >= 0.6 is 0 Å². The molecule has 0 saturated carbocycles. The number of nitrogens with zero attached hydrogens (tertiary/aromatic N) is 1. The average Bonchev–Trinajstić information content (AvgIpc) is 2.62. The van der Waals surface area contributed by atoms with Crippen molar-refractivity contribution in [1.29, 1.82) is 0 Å². The maximum absolute atomic E-state index is 12.6. The number of ether oxygens (including phenoxy) is 1. The topological polar surface area (TPSA) is 41.6 Å². The molecule has 4 heteroatoms. The largest absolute Gasteiger partial charge is 0.385 e. The van der Waals surface area contributed by atoms with Crippen LogP contribution in [0.2, 0.25) is 0 Å². The van der Waals surface area contributed by atoms with Crippen molar-refractivity contribution in [2.75, 3.05) is 13.7 Å². The number of hydrogen-bond donors (Lipinski definition) is 1. The van der Waals surface area contributed by atoms with Gasteiger partial charge in [-0.3, -0.25) is 10.1 Å². The van der Waals surface area contributed by atoms with E-state index in [1.165, 1.54) is 0 Å². The zero-order chi connectivity index (χ0) is 14.6. The van der Waals surface area contributed by atoms with Gasteiger partial charge in [-0.15, -0.1) is 0 Å². The van der Waals surface area contributed by atoms with E-state index >= 15 is 0 Å². The molecule has 4 nitrogen and oxygen atoms in total. The number of nitrogens with one attached hydrogen (secondary N) is 1. The van der Waals surface area contributed by atoms with Crippen LogP contribution in [0.15, 0.2) is 0 Å². The second-order valence-electron chi connectivity index (χ2n) is 6.41. The first-order chi connectivity index (χ1) is 8.88. The van der Waals surface area contributed by atoms with E-state index in [-0.39, 0.29) is 24.2 Å². The number of carbonyl (C=O) groups is 1. The summed E-state index contributed by atoms with van der Waals surface area (Å²) >= 11 is 0. The van der Waals surface area contributed by atoms with E-state index < -0.39 is 0 Å². The standard InChI is InChI=1S/C15H30N2O2/c1-10(2)9-13-16-14(11(3)4)15(18)17(13)12(5)7-8-19-6/h10-14,16H,7-9H2,1-6H3. The Balaban J connectivity index is 2.78. The molecule has 1 heterocycles. The fourth-order valence-corrected chi connectivity index (χ4v) is 2.73. The molecule has 0 aliphatic carbocycles. The van der Waals surface area contributed by atoms with Gasteiger partial charge in [0.2, 0.25) is 5.91 Å². The van der Waals surface area contributed by atoms with Crippen LogP contribution in [0.3, 0.4) is 0 Å². The minimum absolute atomic E-state index is 0.0336. The van der Waals surface area contributed by atoms with Crippen LogP contribution in [0, 0.1) is 11.8 Å². The Labute approximate surface area is 117 Å². The molecule has 19 heavy (non-hydrogen) atoms. The molecular weight excluding hydrogens is 240 g/mol. The third-order valence-corrected chi connectivity index (χ3v) is 3.80. The Morgan fingerprint density at radius 1 is 1.26 bits per heavy atom. The van der Waals surface area contributed by atoms with Crippen LogP contribution in [0.5, 0.6) is 0 Å². The SMILES string of the molecule is COCCC(C)N1C(=O)C(C(C)C)NC1CC(C)C. The van der Waals surface area contributed by atoms with Crippen molar-refractivity contribution in [3.63, 3.8) is 0 Å². The first-order valence-electron chi connectivity index (χ1n) is 7.45. The van der Waals surface area contributed by atoms with Gasteiger partial charge in [0, 0.05) is 19.8 Å². The van der Waals surface area contributed by atoms with E-state index in [1.807, 2.05) is 4.90 Å². The minimum atomic E-state index is -0.0336. The summed E-state index contributed by atoms with van der Waals surface area (Å²) in [5.41, 5.74) is 0. The van der Waals surface area contributed by atoms with E-state index in [0.717, 1.165) is 12.8 Å². The van der Waals surface area contributed by atoms with Crippen LogP contribution in [0.1, 0.15) is 47.5 Å². The molecule has 1 amide bonds. The molecule has 1 rings (SSSR count). The van der Waals surface area contributed by atoms with Crippen LogP contribution < -0.4 is 5.32 Å². The van der Waals surface area contributed by atoms with Crippen molar-refractivity contribution in [2.24, 2.45) is 11.8 Å². The number of rotatable bonds is 7. The summed E-state index contributed by atoms with van der Waals surface area (Å²) in [5.74, 6) is 1.17. The summed E-state index contributed by atoms with van der Waals surface area (Å²) in [6.07, 6.45) is 2.07. The van der Waals surface area contributed by atoms with Crippen LogP contribution in [-0.4, -0.2) is 42.8 Å². The van der Waals surface area contributed by atoms with Gasteiger partial charge in [-0.05, 0) is 31.6 Å². The Kier molecular flexibility index (Phi) is 6.27. The fourth-order valence-electron chi connectivity index (χ4n) is 2.73. The maximum atomic E-state index is 12.6. The second-order valence-corrected chi connectivity index (χ2v) is 6.41. The lowest BCUT2D eigenvalue weighted by atomic mass is 10.0. The number of hydrogen-bond acceptors (Lipinski definition) is 3. The monoisotopic (exact) mass is 270 g/mol. The molecule has 0 spiro atoms. The molecule has 0 aromatic carbocycles. The molecule has 1 aliphatic heterocycles. The highest BCUT2D eigenvalue weighted by Crippen LogP contribution is 2.24. The first kappa shape index (κ1) is 16.4. The molecule has 112 valence electrons. The third-order valence-electron chi connectivity index (χ3n) is 3.80. The van der Waals surface area contributed by atoms with E-state index in [9.17, 15) is 4.79 Å². The molecule has 3 unspecified atom stereocenters. The van der Waals surface area contributed by atoms with Crippen molar-refractivity contribution in [1.82, 2.24) is 10.2 Å². The number of methoxy groups -OCH3 is 1. The van der Waals surface area contributed by atoms with Crippen molar-refractivity contribution in [3.8, 4) is 0 Å². The predicted octanol–water partition coefficient (Wildman–Crippen LogP) is 2.24. The van der Waals surface area contributed by atoms with Gasteiger partial charge in [-0.2, -0.15) is 0 Å². The summed E-state index contributed by atoms with van der Waals surface area (Å²) in [6, 6.07) is 0.196. The summed E-state index contributed by atoms with van der Waals surface area (Å²) in [5, 5.41) is 3.51. The molecule has 3 atom stereocenters. The first-order valence-corrected chi connectivity index (χ1v) is 7.45. The summed E-state index contributed by atoms with van der Waals surface area (Å²) in [6.45, 7) is 11.4. The Morgan fingerprint density at radius 3 is 2.37 bits per heavy atom. The highest BCUT2D eigenvalue weighted by atomic mass is 16.5. The zero-order valence-corrected chi connectivity index (χ0v) is 13.3. The molecule has 1 fully saturated rings. The lowest BCUT2D eigenvalue weighted by Crippen LogP contribution is -2.44.